The molecule has 1 amide bonds. The summed E-state index contributed by atoms with van der Waals surface area (Å²) in [7, 11) is 3.13. The summed E-state index contributed by atoms with van der Waals surface area (Å²) < 4.78 is 12.2. The second-order valence-electron chi connectivity index (χ2n) is 5.98. The van der Waals surface area contributed by atoms with Crippen LogP contribution >= 0.6 is 23.2 Å². The van der Waals surface area contributed by atoms with Crippen LogP contribution in [0.3, 0.4) is 0 Å². The van der Waals surface area contributed by atoms with E-state index >= 15 is 0 Å². The number of aromatic nitrogens is 2. The molecule has 6 nitrogen and oxygen atoms in total. The van der Waals surface area contributed by atoms with Crippen LogP contribution in [0.4, 0.5) is 5.82 Å². The van der Waals surface area contributed by atoms with Crippen LogP contribution < -0.4 is 14.8 Å². The molecule has 1 heterocycles. The zero-order valence-electron chi connectivity index (χ0n) is 15.4. The van der Waals surface area contributed by atoms with E-state index < -0.39 is 0 Å². The first-order valence-electron chi connectivity index (χ1n) is 8.47. The maximum absolute atomic E-state index is 12.6. The third-order valence-electron chi connectivity index (χ3n) is 4.19. The van der Waals surface area contributed by atoms with Crippen LogP contribution in [-0.2, 0) is 17.8 Å². The molecule has 0 spiro atoms. The van der Waals surface area contributed by atoms with Crippen molar-refractivity contribution in [1.29, 1.82) is 0 Å². The van der Waals surface area contributed by atoms with Crippen LogP contribution in [0.5, 0.6) is 11.5 Å². The Morgan fingerprint density at radius 3 is 2.54 bits per heavy atom. The molecule has 28 heavy (non-hydrogen) atoms. The first-order chi connectivity index (χ1) is 13.5. The van der Waals surface area contributed by atoms with Crippen molar-refractivity contribution in [2.45, 2.75) is 13.0 Å². The molecule has 2 aromatic carbocycles. The van der Waals surface area contributed by atoms with Gasteiger partial charge in [-0.15, -0.1) is 0 Å². The van der Waals surface area contributed by atoms with Crippen molar-refractivity contribution in [3.8, 4) is 11.5 Å². The number of carbonyl (C=O) groups is 1. The van der Waals surface area contributed by atoms with E-state index in [2.05, 4.69) is 10.4 Å². The van der Waals surface area contributed by atoms with E-state index in [0.29, 0.717) is 33.9 Å². The second-order valence-corrected chi connectivity index (χ2v) is 6.79. The molecule has 1 N–H and O–H groups in total. The fourth-order valence-corrected chi connectivity index (χ4v) is 3.30. The maximum Gasteiger partial charge on any atom is 0.230 e. The molecule has 0 aliphatic heterocycles. The summed E-state index contributed by atoms with van der Waals surface area (Å²) in [5, 5.41) is 8.21. The number of nitrogens with zero attached hydrogens (tertiary/aromatic N) is 2. The van der Waals surface area contributed by atoms with Gasteiger partial charge in [-0.05, 0) is 30.3 Å². The Hall–Kier alpha value is -2.70. The van der Waals surface area contributed by atoms with Crippen LogP contribution in [0.1, 0.15) is 11.1 Å². The third kappa shape index (κ3) is 4.58. The highest BCUT2D eigenvalue weighted by Crippen LogP contribution is 2.27. The first kappa shape index (κ1) is 20.0. The van der Waals surface area contributed by atoms with E-state index in [4.69, 9.17) is 32.7 Å². The summed E-state index contributed by atoms with van der Waals surface area (Å²) in [5.74, 6) is 1.61. The lowest BCUT2D eigenvalue weighted by molar-refractivity contribution is -0.115. The van der Waals surface area contributed by atoms with Gasteiger partial charge in [0.05, 0.1) is 33.4 Å². The molecule has 0 saturated carbocycles. The highest BCUT2D eigenvalue weighted by molar-refractivity contribution is 6.36. The molecule has 0 saturated heterocycles. The number of anilines is 1. The predicted octanol–water partition coefficient (Wildman–Crippen LogP) is 4.44. The summed E-state index contributed by atoms with van der Waals surface area (Å²) in [6.07, 6.45) is 1.73. The van der Waals surface area contributed by atoms with Gasteiger partial charge in [0.2, 0.25) is 5.91 Å². The maximum atomic E-state index is 12.6. The summed E-state index contributed by atoms with van der Waals surface area (Å²) >= 11 is 12.5. The molecular formula is C20H19Cl2N3O3. The molecule has 0 bridgehead atoms. The van der Waals surface area contributed by atoms with Crippen molar-refractivity contribution in [3.63, 3.8) is 0 Å². The number of halogens is 2. The first-order valence-corrected chi connectivity index (χ1v) is 9.23. The van der Waals surface area contributed by atoms with Gasteiger partial charge in [-0.2, -0.15) is 5.10 Å². The molecular weight excluding hydrogens is 401 g/mol. The number of methoxy groups -OCH3 is 2. The smallest absolute Gasteiger partial charge is 0.230 e. The average molecular weight is 420 g/mol. The lowest BCUT2D eigenvalue weighted by Gasteiger charge is -2.13. The van der Waals surface area contributed by atoms with E-state index in [1.807, 2.05) is 0 Å². The SMILES string of the molecule is COc1ccc(OC)c(CC(=O)Nc2ccnn2Cc2c(Cl)cccc2Cl)c1. The van der Waals surface area contributed by atoms with Gasteiger partial charge in [0.1, 0.15) is 17.3 Å². The summed E-state index contributed by atoms with van der Waals surface area (Å²) in [6.45, 7) is 0.337. The van der Waals surface area contributed by atoms with Crippen molar-refractivity contribution in [2.75, 3.05) is 19.5 Å². The highest BCUT2D eigenvalue weighted by Gasteiger charge is 2.14. The van der Waals surface area contributed by atoms with Gasteiger partial charge in [0.25, 0.3) is 0 Å². The minimum atomic E-state index is -0.210. The van der Waals surface area contributed by atoms with Crippen LogP contribution in [0.25, 0.3) is 0 Å². The number of amides is 1. The lowest BCUT2D eigenvalue weighted by atomic mass is 10.1. The van der Waals surface area contributed by atoms with Crippen LogP contribution in [-0.4, -0.2) is 29.9 Å². The molecule has 8 heteroatoms. The number of hydrogen-bond donors (Lipinski definition) is 1. The Kier molecular flexibility index (Phi) is 6.44. The molecule has 1 aromatic heterocycles. The molecule has 0 fully saturated rings. The van der Waals surface area contributed by atoms with Crippen LogP contribution in [0.2, 0.25) is 10.0 Å². The minimum Gasteiger partial charge on any atom is -0.497 e. The molecule has 3 aromatic rings. The van der Waals surface area contributed by atoms with Crippen molar-refractivity contribution >= 4 is 34.9 Å². The van der Waals surface area contributed by atoms with E-state index in [9.17, 15) is 4.79 Å². The summed E-state index contributed by atoms with van der Waals surface area (Å²) in [4.78, 5) is 12.6. The molecule has 146 valence electrons. The Morgan fingerprint density at radius 2 is 1.86 bits per heavy atom. The highest BCUT2D eigenvalue weighted by atomic mass is 35.5. The van der Waals surface area contributed by atoms with Gasteiger partial charge >= 0.3 is 0 Å². The minimum absolute atomic E-state index is 0.123. The largest absolute Gasteiger partial charge is 0.497 e. The van der Waals surface area contributed by atoms with Gasteiger partial charge in [0.15, 0.2) is 0 Å². The van der Waals surface area contributed by atoms with E-state index in [0.717, 1.165) is 11.1 Å². The molecule has 0 atom stereocenters. The Labute approximate surface area is 173 Å². The molecule has 3 rings (SSSR count). The number of nitrogens with one attached hydrogen (secondary N) is 1. The average Bonchev–Trinajstić information content (AvgIpc) is 3.11. The van der Waals surface area contributed by atoms with Crippen LogP contribution in [0.15, 0.2) is 48.7 Å². The Morgan fingerprint density at radius 1 is 1.11 bits per heavy atom. The van der Waals surface area contributed by atoms with Crippen molar-refractivity contribution in [3.05, 3.63) is 69.8 Å². The van der Waals surface area contributed by atoms with Crippen molar-refractivity contribution in [1.82, 2.24) is 9.78 Å². The number of rotatable bonds is 7. The Balaban J connectivity index is 1.75. The third-order valence-corrected chi connectivity index (χ3v) is 4.90. The topological polar surface area (TPSA) is 65.4 Å². The Bertz CT molecular complexity index is 968. The fraction of sp³-hybridized carbons (Fsp3) is 0.200. The van der Waals surface area contributed by atoms with E-state index in [-0.39, 0.29) is 12.3 Å². The van der Waals surface area contributed by atoms with Crippen molar-refractivity contribution in [2.24, 2.45) is 0 Å². The van der Waals surface area contributed by atoms with Crippen LogP contribution in [0, 0.1) is 0 Å². The lowest BCUT2D eigenvalue weighted by Crippen LogP contribution is -2.18. The molecule has 0 unspecified atom stereocenters. The van der Waals surface area contributed by atoms with Gasteiger partial charge in [0, 0.05) is 27.2 Å². The molecule has 0 radical (unpaired) electrons. The summed E-state index contributed by atoms with van der Waals surface area (Å²) in [5.41, 5.74) is 1.46. The predicted molar refractivity (Wildman–Crippen MR) is 110 cm³/mol. The fourth-order valence-electron chi connectivity index (χ4n) is 2.78. The quantitative estimate of drug-likeness (QED) is 0.614. The zero-order valence-corrected chi connectivity index (χ0v) is 16.9. The number of carbonyl (C=O) groups excluding carboxylic acids is 1. The second kappa shape index (κ2) is 8.99. The van der Waals surface area contributed by atoms with Crippen molar-refractivity contribution < 1.29 is 14.3 Å². The van der Waals surface area contributed by atoms with Gasteiger partial charge < -0.3 is 14.8 Å². The number of ether oxygens (including phenoxy) is 2. The van der Waals surface area contributed by atoms with E-state index in [1.165, 1.54) is 0 Å². The number of hydrogen-bond acceptors (Lipinski definition) is 4. The molecule has 0 aliphatic rings. The summed E-state index contributed by atoms with van der Waals surface area (Å²) in [6, 6.07) is 12.3. The molecule has 0 aliphatic carbocycles. The monoisotopic (exact) mass is 419 g/mol. The van der Waals surface area contributed by atoms with E-state index in [1.54, 1.807) is 67.6 Å². The standard InChI is InChI=1S/C20H19Cl2N3O3/c1-27-14-6-7-18(28-2)13(10-14)11-20(26)24-19-8-9-23-25(19)12-15-16(21)4-3-5-17(15)22/h3-10H,11-12H2,1-2H3,(H,24,26). The van der Waals surface area contributed by atoms with Gasteiger partial charge in [-0.25, -0.2) is 4.68 Å². The van der Waals surface area contributed by atoms with Gasteiger partial charge in [-0.1, -0.05) is 29.3 Å². The number of benzene rings is 2. The van der Waals surface area contributed by atoms with Gasteiger partial charge in [-0.3, -0.25) is 4.79 Å². The normalized spacial score (nSPS) is 10.6. The zero-order chi connectivity index (χ0) is 20.1.